The van der Waals surface area contributed by atoms with Gasteiger partial charge in [0.15, 0.2) is 0 Å². The van der Waals surface area contributed by atoms with E-state index in [1.807, 2.05) is 102 Å². The van der Waals surface area contributed by atoms with E-state index in [1.165, 1.54) is 14.7 Å². The first-order valence-electron chi connectivity index (χ1n) is 16.1. The third-order valence-electron chi connectivity index (χ3n) is 8.49. The third kappa shape index (κ3) is 10.1. The van der Waals surface area contributed by atoms with Gasteiger partial charge >= 0.3 is 0 Å². The summed E-state index contributed by atoms with van der Waals surface area (Å²) in [6.45, 7) is 11.9. The van der Waals surface area contributed by atoms with Crippen molar-refractivity contribution < 1.29 is 19.2 Å². The molecular formula is C36H55N5O4. The van der Waals surface area contributed by atoms with E-state index in [0.29, 0.717) is 19.4 Å². The summed E-state index contributed by atoms with van der Waals surface area (Å²) in [4.78, 5) is 59.9. The molecule has 4 atom stereocenters. The average molecular weight is 622 g/mol. The van der Waals surface area contributed by atoms with E-state index in [-0.39, 0.29) is 41.4 Å². The van der Waals surface area contributed by atoms with Gasteiger partial charge in [0, 0.05) is 34.1 Å². The van der Waals surface area contributed by atoms with E-state index in [4.69, 9.17) is 0 Å². The Morgan fingerprint density at radius 3 is 1.51 bits per heavy atom. The van der Waals surface area contributed by atoms with E-state index >= 15 is 0 Å². The fourth-order valence-corrected chi connectivity index (χ4v) is 5.94. The van der Waals surface area contributed by atoms with Gasteiger partial charge in [-0.1, -0.05) is 102 Å². The molecule has 2 aromatic rings. The summed E-state index contributed by atoms with van der Waals surface area (Å²) in [6, 6.07) is 16.7. The van der Waals surface area contributed by atoms with Gasteiger partial charge in [-0.3, -0.25) is 19.2 Å². The van der Waals surface area contributed by atoms with E-state index in [1.54, 1.807) is 28.2 Å². The number of amides is 4. The van der Waals surface area contributed by atoms with Crippen LogP contribution in [-0.4, -0.2) is 97.2 Å². The van der Waals surface area contributed by atoms with Gasteiger partial charge in [-0.05, 0) is 42.3 Å². The number of rotatable bonds is 16. The molecule has 0 aliphatic heterocycles. The number of nitrogens with one attached hydrogen (secondary N) is 2. The zero-order chi connectivity index (χ0) is 33.8. The highest BCUT2D eigenvalue weighted by atomic mass is 16.2. The molecule has 0 heterocycles. The maximum atomic E-state index is 14.3. The largest absolute Gasteiger partial charge is 0.354 e. The minimum Gasteiger partial charge on any atom is -0.354 e. The molecular weight excluding hydrogens is 566 g/mol. The van der Waals surface area contributed by atoms with Crippen LogP contribution in [0.5, 0.6) is 0 Å². The van der Waals surface area contributed by atoms with E-state index in [9.17, 15) is 19.2 Å². The van der Waals surface area contributed by atoms with E-state index in [2.05, 4.69) is 10.6 Å². The van der Waals surface area contributed by atoms with Gasteiger partial charge in [0.05, 0.1) is 6.04 Å². The first-order chi connectivity index (χ1) is 21.2. The molecule has 0 saturated heterocycles. The highest BCUT2D eigenvalue weighted by Gasteiger charge is 2.41. The number of carbonyl (C=O) groups excluding carboxylic acids is 4. The molecule has 0 aromatic heterocycles. The molecule has 0 radical (unpaired) electrons. The Hall–Kier alpha value is -3.72. The second-order valence-corrected chi connectivity index (χ2v) is 13.0. The van der Waals surface area contributed by atoms with Crippen LogP contribution in [0, 0.1) is 17.8 Å². The van der Waals surface area contributed by atoms with Crippen LogP contribution in [0.25, 0.3) is 0 Å². The highest BCUT2D eigenvalue weighted by Crippen LogP contribution is 2.21. The lowest BCUT2D eigenvalue weighted by Gasteiger charge is -2.40. The van der Waals surface area contributed by atoms with Crippen molar-refractivity contribution >= 4 is 23.6 Å². The molecule has 0 fully saturated rings. The van der Waals surface area contributed by atoms with Crippen LogP contribution < -0.4 is 10.6 Å². The minimum atomic E-state index is -0.840. The fourth-order valence-electron chi connectivity index (χ4n) is 5.94. The lowest BCUT2D eigenvalue weighted by Crippen LogP contribution is -2.61. The van der Waals surface area contributed by atoms with Crippen LogP contribution in [0.4, 0.5) is 0 Å². The molecule has 248 valence electrons. The molecule has 0 saturated carbocycles. The standard InChI is InChI=1S/C36H55N5O4/c1-24(2)30(37-7)34(43)40(9)32(26(5)6)36(45)41(10)31(25(3)4)35(44)39(8)29(23-28-19-15-12-16-20-28)33(42)38-22-21-27-17-13-11-14-18-27/h11-20,24-26,29-32,37H,21-23H2,1-10H3,(H,38,42)/t29-,30-,31-,32-/m0/s1. The van der Waals surface area contributed by atoms with Gasteiger partial charge in [0.2, 0.25) is 23.6 Å². The summed E-state index contributed by atoms with van der Waals surface area (Å²) >= 11 is 0. The smallest absolute Gasteiger partial charge is 0.246 e. The Morgan fingerprint density at radius 2 is 1.07 bits per heavy atom. The molecule has 2 aromatic carbocycles. The molecule has 9 heteroatoms. The van der Waals surface area contributed by atoms with E-state index in [0.717, 1.165) is 11.1 Å². The number of carbonyl (C=O) groups is 4. The third-order valence-corrected chi connectivity index (χ3v) is 8.49. The monoisotopic (exact) mass is 621 g/mol. The van der Waals surface area contributed by atoms with Crippen LogP contribution in [-0.2, 0) is 32.0 Å². The van der Waals surface area contributed by atoms with Gasteiger partial charge in [0.25, 0.3) is 0 Å². The van der Waals surface area contributed by atoms with Crippen molar-refractivity contribution in [1.29, 1.82) is 0 Å². The predicted molar refractivity (Wildman–Crippen MR) is 180 cm³/mol. The Kier molecular flexibility index (Phi) is 14.7. The molecule has 45 heavy (non-hydrogen) atoms. The summed E-state index contributed by atoms with van der Waals surface area (Å²) in [7, 11) is 6.65. The number of hydrogen-bond donors (Lipinski definition) is 2. The van der Waals surface area contributed by atoms with Crippen LogP contribution in [0.2, 0.25) is 0 Å². The van der Waals surface area contributed by atoms with Crippen molar-refractivity contribution in [3.05, 3.63) is 71.8 Å². The Bertz CT molecular complexity index is 1230. The van der Waals surface area contributed by atoms with Crippen LogP contribution in [0.1, 0.15) is 52.7 Å². The average Bonchev–Trinajstić information content (AvgIpc) is 3.00. The second-order valence-electron chi connectivity index (χ2n) is 13.0. The van der Waals surface area contributed by atoms with Gasteiger partial charge in [0.1, 0.15) is 18.1 Å². The fraction of sp³-hybridized carbons (Fsp3) is 0.556. The maximum Gasteiger partial charge on any atom is 0.246 e. The van der Waals surface area contributed by atoms with Crippen molar-refractivity contribution in [2.75, 3.05) is 34.7 Å². The predicted octanol–water partition coefficient (Wildman–Crippen LogP) is 3.63. The van der Waals surface area contributed by atoms with Gasteiger partial charge < -0.3 is 25.3 Å². The zero-order valence-electron chi connectivity index (χ0n) is 28.9. The highest BCUT2D eigenvalue weighted by molar-refractivity contribution is 5.95. The molecule has 0 unspecified atom stereocenters. The molecule has 2 N–H and O–H groups in total. The molecule has 2 rings (SSSR count). The van der Waals surface area contributed by atoms with Gasteiger partial charge in [-0.2, -0.15) is 0 Å². The van der Waals surface area contributed by atoms with Crippen molar-refractivity contribution in [1.82, 2.24) is 25.3 Å². The summed E-state index contributed by atoms with van der Waals surface area (Å²) in [5, 5.41) is 6.10. The van der Waals surface area contributed by atoms with Crippen LogP contribution >= 0.6 is 0 Å². The zero-order valence-corrected chi connectivity index (χ0v) is 28.9. The first-order valence-corrected chi connectivity index (χ1v) is 16.1. The van der Waals surface area contributed by atoms with Gasteiger partial charge in [-0.25, -0.2) is 0 Å². The summed E-state index contributed by atoms with van der Waals surface area (Å²) < 4.78 is 0. The van der Waals surface area contributed by atoms with Crippen LogP contribution in [0.15, 0.2) is 60.7 Å². The van der Waals surface area contributed by atoms with E-state index < -0.39 is 24.2 Å². The topological polar surface area (TPSA) is 102 Å². The second kappa shape index (κ2) is 17.7. The van der Waals surface area contributed by atoms with Gasteiger partial charge in [-0.15, -0.1) is 0 Å². The Labute approximate surface area is 270 Å². The number of nitrogens with zero attached hydrogens (tertiary/aromatic N) is 3. The normalized spacial score (nSPS) is 14.1. The number of likely N-dealkylation sites (N-methyl/N-ethyl adjacent to an activating group) is 4. The lowest BCUT2D eigenvalue weighted by atomic mass is 9.94. The first kappa shape index (κ1) is 37.5. The van der Waals surface area contributed by atoms with Crippen molar-refractivity contribution in [2.45, 2.75) is 78.6 Å². The molecule has 0 aliphatic rings. The number of hydrogen-bond acceptors (Lipinski definition) is 5. The molecule has 0 aliphatic carbocycles. The summed E-state index contributed by atoms with van der Waals surface area (Å²) in [6.07, 6.45) is 0.997. The van der Waals surface area contributed by atoms with Crippen molar-refractivity contribution in [3.8, 4) is 0 Å². The van der Waals surface area contributed by atoms with Crippen molar-refractivity contribution in [3.63, 3.8) is 0 Å². The molecule has 4 amide bonds. The maximum absolute atomic E-state index is 14.3. The van der Waals surface area contributed by atoms with Crippen LogP contribution in [0.3, 0.4) is 0 Å². The number of benzene rings is 2. The lowest BCUT2D eigenvalue weighted by molar-refractivity contribution is -0.154. The Balaban J connectivity index is 2.34. The Morgan fingerprint density at radius 1 is 0.622 bits per heavy atom. The minimum absolute atomic E-state index is 0.0321. The summed E-state index contributed by atoms with van der Waals surface area (Å²) in [5.41, 5.74) is 2.04. The molecule has 0 bridgehead atoms. The quantitative estimate of drug-likeness (QED) is 0.298. The molecule has 9 nitrogen and oxygen atoms in total. The van der Waals surface area contributed by atoms with Crippen molar-refractivity contribution in [2.24, 2.45) is 17.8 Å². The molecule has 0 spiro atoms. The summed E-state index contributed by atoms with van der Waals surface area (Å²) in [5.74, 6) is -1.47. The SMILES string of the molecule is CN[C@H](C(=O)N(C)[C@H](C(=O)N(C)[C@H](C(=O)N(C)[C@@H](Cc1ccccc1)C(=O)NCCc1ccccc1)C(C)C)C(C)C)C(C)C.